The minimum absolute atomic E-state index is 0.0803. The molecule has 346 valence electrons. The monoisotopic (exact) mass is 866 g/mol. The number of benzene rings is 1. The van der Waals surface area contributed by atoms with Crippen LogP contribution in [0.15, 0.2) is 54.6 Å². The number of hydrogen-bond acceptors (Lipinski definition) is 12. The molecule has 3 N–H and O–H groups in total. The van der Waals surface area contributed by atoms with Crippen molar-refractivity contribution in [2.24, 2.45) is 34.5 Å². The number of ether oxygens (including phenoxy) is 6. The van der Waals surface area contributed by atoms with Gasteiger partial charge in [0.2, 0.25) is 0 Å². The lowest BCUT2D eigenvalue weighted by molar-refractivity contribution is -0.323. The maximum atomic E-state index is 14.6. The third kappa shape index (κ3) is 7.54. The van der Waals surface area contributed by atoms with E-state index in [-0.39, 0.29) is 31.4 Å². The van der Waals surface area contributed by atoms with Crippen LogP contribution in [0.3, 0.4) is 0 Å². The third-order valence-corrected chi connectivity index (χ3v) is 16.5. The Labute approximate surface area is 369 Å². The van der Waals surface area contributed by atoms with Gasteiger partial charge in [0.15, 0.2) is 5.60 Å². The number of fused-ring (bicyclic) bond motifs is 2. The fraction of sp³-hybridized carbons (Fsp3) is 0.760. The summed E-state index contributed by atoms with van der Waals surface area (Å²) < 4.78 is 38.7. The number of methoxy groups -OCH3 is 4. The van der Waals surface area contributed by atoms with Crippen LogP contribution in [0.25, 0.3) is 0 Å². The summed E-state index contributed by atoms with van der Waals surface area (Å²) in [6.07, 6.45) is 15.2. The van der Waals surface area contributed by atoms with Crippen molar-refractivity contribution in [3.8, 4) is 0 Å². The molecule has 6 aliphatic rings. The molecule has 1 unspecified atom stereocenters. The number of unbranched alkanes of at least 4 members (excludes halogenated alkanes) is 8. The van der Waals surface area contributed by atoms with Crippen LogP contribution in [0, 0.1) is 34.5 Å². The van der Waals surface area contributed by atoms with Crippen molar-refractivity contribution in [3.05, 3.63) is 60.2 Å². The number of nitrogens with zero attached hydrogens (tertiary/aromatic N) is 1. The van der Waals surface area contributed by atoms with Gasteiger partial charge in [0, 0.05) is 82.5 Å². The molecule has 0 amide bonds. The number of rotatable bonds is 23. The number of allylic oxidation sites excluding steroid dienone is 4. The van der Waals surface area contributed by atoms with Gasteiger partial charge < -0.3 is 43.7 Å². The largest absolute Gasteiger partial charge is 0.455 e. The molecule has 5 aliphatic carbocycles. The summed E-state index contributed by atoms with van der Waals surface area (Å²) in [6, 6.07) is 8.29. The van der Waals surface area contributed by atoms with Crippen molar-refractivity contribution < 1.29 is 53.3 Å². The molecular formula is C50H75NO11. The van der Waals surface area contributed by atoms with Gasteiger partial charge in [-0.05, 0) is 69.5 Å². The Morgan fingerprint density at radius 3 is 2.18 bits per heavy atom. The van der Waals surface area contributed by atoms with Crippen LogP contribution in [0.2, 0.25) is 0 Å². The normalized spacial score (nSPS) is 40.4. The number of carbonyl (C=O) groups excluding carboxylic acids is 2. The molecule has 1 aromatic carbocycles. The second-order valence-electron chi connectivity index (χ2n) is 19.3. The first-order valence-corrected chi connectivity index (χ1v) is 23.7. The Morgan fingerprint density at radius 1 is 0.839 bits per heavy atom. The zero-order chi connectivity index (χ0) is 44.3. The van der Waals surface area contributed by atoms with Gasteiger partial charge in [-0.15, -0.1) is 0 Å². The standard InChI is InChI=1S/C50H75NO11/c1-7-9-10-11-12-13-14-15-16-17-18-19-20-21-25-28-37(53)62-50-38-34(30-48(56,45(60-6)43(50)54)44(38)61-46(55)33-26-23-22-24-27-33)49-36(58-4)29-35(52)47(32-57-3)31-51(8-2)42(49)39(50)40(59-5)41(47)49/h12-13,15-16,22-24,26-27,34-36,38-45,52,54,56H,7-11,14,17-21,25,28-32H2,1-6H3/b13-12-,16-15-/t34-,35-,36+,38-,39?,40+,41-,42-,43+,44-,45+,47+,48-,49+,50-/m1/s1. The Morgan fingerprint density at radius 2 is 1.53 bits per heavy atom. The van der Waals surface area contributed by atoms with E-state index in [1.54, 1.807) is 45.6 Å². The van der Waals surface area contributed by atoms with Crippen LogP contribution in [0.5, 0.6) is 0 Å². The van der Waals surface area contributed by atoms with Gasteiger partial charge in [-0.3, -0.25) is 9.69 Å². The van der Waals surface area contributed by atoms with E-state index in [1.165, 1.54) is 26.4 Å². The molecule has 7 rings (SSSR count). The van der Waals surface area contributed by atoms with E-state index in [4.69, 9.17) is 28.4 Å². The Kier molecular flexibility index (Phi) is 15.1. The van der Waals surface area contributed by atoms with Gasteiger partial charge in [0.1, 0.15) is 23.9 Å². The summed E-state index contributed by atoms with van der Waals surface area (Å²) in [5.41, 5.74) is -4.87. The van der Waals surface area contributed by atoms with Gasteiger partial charge in [-0.2, -0.15) is 0 Å². The summed E-state index contributed by atoms with van der Waals surface area (Å²) >= 11 is 0. The molecule has 0 radical (unpaired) electrons. The Bertz CT molecular complexity index is 1720. The highest BCUT2D eigenvalue weighted by Crippen LogP contribution is 2.80. The van der Waals surface area contributed by atoms with Gasteiger partial charge in [-0.25, -0.2) is 4.79 Å². The van der Waals surface area contributed by atoms with E-state index >= 15 is 0 Å². The number of aliphatic hydroxyl groups is 3. The average Bonchev–Trinajstić information content (AvgIpc) is 3.65. The van der Waals surface area contributed by atoms with E-state index in [9.17, 15) is 24.9 Å². The first-order valence-electron chi connectivity index (χ1n) is 23.7. The van der Waals surface area contributed by atoms with Crippen molar-refractivity contribution in [3.63, 3.8) is 0 Å². The van der Waals surface area contributed by atoms with Crippen LogP contribution in [-0.2, 0) is 33.2 Å². The predicted octanol–water partition coefficient (Wildman–Crippen LogP) is 6.44. The summed E-state index contributed by atoms with van der Waals surface area (Å²) in [4.78, 5) is 31.0. The lowest BCUT2D eigenvalue weighted by Crippen LogP contribution is -2.81. The second kappa shape index (κ2) is 19.8. The van der Waals surface area contributed by atoms with Gasteiger partial charge in [0.05, 0.1) is 30.5 Å². The number of piperidine rings is 1. The molecule has 1 heterocycles. The fourth-order valence-corrected chi connectivity index (χ4v) is 14.4. The minimum atomic E-state index is -1.85. The van der Waals surface area contributed by atoms with Crippen molar-refractivity contribution in [1.82, 2.24) is 4.90 Å². The maximum absolute atomic E-state index is 14.6. The highest BCUT2D eigenvalue weighted by molar-refractivity contribution is 5.89. The van der Waals surface area contributed by atoms with Crippen LogP contribution in [0.4, 0.5) is 0 Å². The van der Waals surface area contributed by atoms with Crippen LogP contribution in [0.1, 0.15) is 114 Å². The molecule has 12 nitrogen and oxygen atoms in total. The van der Waals surface area contributed by atoms with E-state index in [0.717, 1.165) is 44.9 Å². The van der Waals surface area contributed by atoms with Crippen molar-refractivity contribution in [2.75, 3.05) is 48.1 Å². The SMILES string of the molecule is CCCCC/C=C\C/C=C\CCCCCCCC(=O)O[C@@]12C3[C@H](OC)[C@@H]4[C@]5(COC)CN(CC)[C@H]3[C@]4([C@@H](OC)C[C@H]5O)[C@@H]3C[C@@](O)([C@H](OC(=O)c4ccccc4)[C@@H]31)[C@@H](OC)[C@@H]2O. The first kappa shape index (κ1) is 47.3. The topological polar surface area (TPSA) is 153 Å². The number of likely N-dealkylation sites (tertiary alicyclic amines) is 1. The summed E-state index contributed by atoms with van der Waals surface area (Å²) in [6.45, 7) is 5.63. The van der Waals surface area contributed by atoms with Crippen molar-refractivity contribution in [1.29, 1.82) is 0 Å². The lowest BCUT2D eigenvalue weighted by Gasteiger charge is -2.70. The number of carbonyl (C=O) groups is 2. The van der Waals surface area contributed by atoms with Crippen LogP contribution >= 0.6 is 0 Å². The molecule has 0 aromatic heterocycles. The van der Waals surface area contributed by atoms with Gasteiger partial charge in [-0.1, -0.05) is 88.5 Å². The molecule has 12 heteroatoms. The molecule has 1 saturated heterocycles. The van der Waals surface area contributed by atoms with Crippen molar-refractivity contribution in [2.45, 2.75) is 158 Å². The molecule has 62 heavy (non-hydrogen) atoms. The number of aliphatic hydroxyl groups excluding tert-OH is 2. The van der Waals surface area contributed by atoms with E-state index in [1.807, 2.05) is 6.07 Å². The summed E-state index contributed by atoms with van der Waals surface area (Å²) in [7, 11) is 6.40. The maximum Gasteiger partial charge on any atom is 0.338 e. The smallest absolute Gasteiger partial charge is 0.338 e. The average molecular weight is 866 g/mol. The predicted molar refractivity (Wildman–Crippen MR) is 234 cm³/mol. The zero-order valence-electron chi connectivity index (χ0n) is 38.1. The quantitative estimate of drug-likeness (QED) is 0.0631. The molecule has 7 bridgehead atoms. The highest BCUT2D eigenvalue weighted by Gasteiger charge is 2.92. The molecule has 15 atom stereocenters. The van der Waals surface area contributed by atoms with E-state index < -0.39 is 88.3 Å². The van der Waals surface area contributed by atoms with Gasteiger partial charge in [0.25, 0.3) is 0 Å². The third-order valence-electron chi connectivity index (χ3n) is 16.5. The zero-order valence-corrected chi connectivity index (χ0v) is 38.1. The number of esters is 2. The number of hydrogen-bond donors (Lipinski definition) is 3. The molecule has 6 fully saturated rings. The summed E-state index contributed by atoms with van der Waals surface area (Å²) in [5, 5.41) is 38.4. The Balaban J connectivity index is 1.20. The fourth-order valence-electron chi connectivity index (χ4n) is 14.4. The molecule has 1 spiro atoms. The Hall–Kier alpha value is -2.68. The van der Waals surface area contributed by atoms with Gasteiger partial charge >= 0.3 is 11.9 Å². The molecular weight excluding hydrogens is 791 g/mol. The van der Waals surface area contributed by atoms with Crippen LogP contribution < -0.4 is 0 Å². The highest BCUT2D eigenvalue weighted by atomic mass is 16.6. The molecule has 1 aliphatic heterocycles. The van der Waals surface area contributed by atoms with Crippen molar-refractivity contribution >= 4 is 11.9 Å². The van der Waals surface area contributed by atoms with E-state index in [0.29, 0.717) is 31.5 Å². The second-order valence-corrected chi connectivity index (χ2v) is 19.3. The molecule has 5 saturated carbocycles. The summed E-state index contributed by atoms with van der Waals surface area (Å²) in [5.74, 6) is -3.53. The van der Waals surface area contributed by atoms with E-state index in [2.05, 4.69) is 43.1 Å². The minimum Gasteiger partial charge on any atom is -0.455 e. The lowest BCUT2D eigenvalue weighted by atomic mass is 9.42. The first-order chi connectivity index (χ1) is 30.0. The molecule has 1 aromatic rings. The van der Waals surface area contributed by atoms with Crippen LogP contribution in [-0.4, -0.2) is 134 Å².